The van der Waals surface area contributed by atoms with Gasteiger partial charge in [0.25, 0.3) is 0 Å². The molecule has 2 N–H and O–H groups in total. The summed E-state index contributed by atoms with van der Waals surface area (Å²) in [5.41, 5.74) is 2.71. The number of hydrogen-bond donors (Lipinski definition) is 2. The second kappa shape index (κ2) is 7.65. The predicted molar refractivity (Wildman–Crippen MR) is 91.5 cm³/mol. The molecule has 0 aliphatic carbocycles. The minimum atomic E-state index is -0.630. The summed E-state index contributed by atoms with van der Waals surface area (Å²) in [6, 6.07) is 13.7. The Morgan fingerprint density at radius 2 is 1.80 bits per heavy atom. The molecule has 1 unspecified atom stereocenters. The molecule has 0 aliphatic rings. The number of nitrogens with one attached hydrogen (secondary N) is 2. The van der Waals surface area contributed by atoms with E-state index in [1.54, 1.807) is 12.1 Å². The predicted octanol–water partition coefficient (Wildman–Crippen LogP) is 2.87. The number of hydrogen-bond acceptors (Lipinski definition) is 4. The van der Waals surface area contributed by atoms with Gasteiger partial charge in [-0.1, -0.05) is 36.4 Å². The summed E-state index contributed by atoms with van der Waals surface area (Å²) in [4.78, 5) is 12.7. The zero-order valence-electron chi connectivity index (χ0n) is 13.7. The first-order chi connectivity index (χ1) is 12.2. The first-order valence-electron chi connectivity index (χ1n) is 8.03. The number of aromatic amines is 1. The molecule has 1 atom stereocenters. The van der Waals surface area contributed by atoms with Crippen molar-refractivity contribution in [2.24, 2.45) is 0 Å². The van der Waals surface area contributed by atoms with Crippen LogP contribution in [0.4, 0.5) is 10.1 Å². The van der Waals surface area contributed by atoms with Crippen LogP contribution in [-0.4, -0.2) is 26.5 Å². The first kappa shape index (κ1) is 16.8. The molecule has 0 spiro atoms. The Bertz CT molecular complexity index is 816. The highest BCUT2D eigenvalue weighted by molar-refractivity contribution is 5.95. The summed E-state index contributed by atoms with van der Waals surface area (Å²) >= 11 is 0. The molecule has 0 bridgehead atoms. The smallest absolute Gasteiger partial charge is 0.235 e. The zero-order chi connectivity index (χ0) is 17.6. The Hall–Kier alpha value is -3.09. The van der Waals surface area contributed by atoms with Gasteiger partial charge in [-0.25, -0.2) is 4.39 Å². The Kier molecular flexibility index (Phi) is 5.13. The number of tetrazole rings is 1. The van der Waals surface area contributed by atoms with Crippen LogP contribution in [0.5, 0.6) is 0 Å². The lowest BCUT2D eigenvalue weighted by Gasteiger charge is -2.14. The molecular formula is C18H18FN5O. The summed E-state index contributed by atoms with van der Waals surface area (Å²) in [7, 11) is 0. The highest BCUT2D eigenvalue weighted by Gasteiger charge is 2.25. The van der Waals surface area contributed by atoms with Crippen LogP contribution in [0.3, 0.4) is 0 Å². The molecular weight excluding hydrogens is 321 g/mol. The Labute approximate surface area is 144 Å². The fourth-order valence-corrected chi connectivity index (χ4v) is 2.53. The maximum atomic E-state index is 13.1. The van der Waals surface area contributed by atoms with Gasteiger partial charge in [-0.05, 0) is 48.2 Å². The van der Waals surface area contributed by atoms with Crippen molar-refractivity contribution < 1.29 is 9.18 Å². The fraction of sp³-hybridized carbons (Fsp3) is 0.222. The van der Waals surface area contributed by atoms with E-state index < -0.39 is 5.92 Å². The summed E-state index contributed by atoms with van der Waals surface area (Å²) < 4.78 is 13.1. The van der Waals surface area contributed by atoms with Gasteiger partial charge in [0.05, 0.1) is 0 Å². The van der Waals surface area contributed by atoms with Crippen molar-refractivity contribution in [1.29, 1.82) is 0 Å². The number of H-pyrrole nitrogens is 1. The molecule has 2 aromatic carbocycles. The summed E-state index contributed by atoms with van der Waals surface area (Å²) in [5, 5.41) is 16.7. The second-order valence-electron chi connectivity index (χ2n) is 5.69. The van der Waals surface area contributed by atoms with E-state index in [1.807, 2.05) is 24.3 Å². The standard InChI is InChI=1S/C18H18FN5O/c1-2-12-5-9-15(10-6-12)20-18(25)16(17-21-23-24-22-17)11-13-3-7-14(19)8-4-13/h3-10,16H,2,11H2,1H3,(H,20,25)(H,21,22,23,24). The molecule has 3 aromatic rings. The van der Waals surface area contributed by atoms with Gasteiger partial charge in [-0.2, -0.15) is 5.21 Å². The molecule has 3 rings (SSSR count). The average molecular weight is 339 g/mol. The number of aryl methyl sites for hydroxylation is 1. The van der Waals surface area contributed by atoms with Crippen molar-refractivity contribution in [1.82, 2.24) is 20.6 Å². The van der Waals surface area contributed by atoms with E-state index in [9.17, 15) is 9.18 Å². The van der Waals surface area contributed by atoms with E-state index in [0.717, 1.165) is 12.0 Å². The number of carbonyl (C=O) groups excluding carboxylic acids is 1. The molecule has 7 heteroatoms. The third kappa shape index (κ3) is 4.26. The van der Waals surface area contributed by atoms with Gasteiger partial charge in [0.15, 0.2) is 5.82 Å². The largest absolute Gasteiger partial charge is 0.325 e. The van der Waals surface area contributed by atoms with Crippen molar-refractivity contribution in [3.8, 4) is 0 Å². The number of nitrogens with zero attached hydrogens (tertiary/aromatic N) is 3. The molecule has 128 valence electrons. The van der Waals surface area contributed by atoms with E-state index in [1.165, 1.54) is 17.7 Å². The number of amides is 1. The van der Waals surface area contributed by atoms with Crippen molar-refractivity contribution in [3.05, 3.63) is 71.3 Å². The summed E-state index contributed by atoms with van der Waals surface area (Å²) in [6.45, 7) is 2.07. The van der Waals surface area contributed by atoms with Crippen molar-refractivity contribution in [2.45, 2.75) is 25.7 Å². The minimum absolute atomic E-state index is 0.241. The molecule has 6 nitrogen and oxygen atoms in total. The molecule has 0 aliphatic heterocycles. The van der Waals surface area contributed by atoms with Gasteiger partial charge in [0.2, 0.25) is 5.91 Å². The van der Waals surface area contributed by atoms with Gasteiger partial charge in [0.1, 0.15) is 11.7 Å². The molecule has 1 heterocycles. The van der Waals surface area contributed by atoms with Crippen LogP contribution in [-0.2, 0) is 17.6 Å². The molecule has 25 heavy (non-hydrogen) atoms. The molecule has 0 radical (unpaired) electrons. The van der Waals surface area contributed by atoms with E-state index in [2.05, 4.69) is 32.9 Å². The van der Waals surface area contributed by atoms with E-state index >= 15 is 0 Å². The molecule has 1 amide bonds. The number of aromatic nitrogens is 4. The van der Waals surface area contributed by atoms with Crippen LogP contribution in [0.15, 0.2) is 48.5 Å². The fourth-order valence-electron chi connectivity index (χ4n) is 2.53. The number of anilines is 1. The van der Waals surface area contributed by atoms with E-state index in [4.69, 9.17) is 0 Å². The lowest BCUT2D eigenvalue weighted by Crippen LogP contribution is -2.24. The van der Waals surface area contributed by atoms with Gasteiger partial charge in [0, 0.05) is 5.69 Å². The molecule has 0 saturated heterocycles. The van der Waals surface area contributed by atoms with Crippen LogP contribution in [0, 0.1) is 5.82 Å². The lowest BCUT2D eigenvalue weighted by atomic mass is 9.97. The van der Waals surface area contributed by atoms with E-state index in [-0.39, 0.29) is 11.7 Å². The minimum Gasteiger partial charge on any atom is -0.325 e. The maximum absolute atomic E-state index is 13.1. The van der Waals surface area contributed by atoms with Crippen molar-refractivity contribution >= 4 is 11.6 Å². The van der Waals surface area contributed by atoms with Gasteiger partial charge >= 0.3 is 0 Å². The Balaban J connectivity index is 1.78. The Morgan fingerprint density at radius 1 is 1.12 bits per heavy atom. The van der Waals surface area contributed by atoms with Gasteiger partial charge < -0.3 is 5.32 Å². The molecule has 0 saturated carbocycles. The van der Waals surface area contributed by atoms with Crippen molar-refractivity contribution in [2.75, 3.05) is 5.32 Å². The normalized spacial score (nSPS) is 11.9. The molecule has 0 fully saturated rings. The third-order valence-electron chi connectivity index (χ3n) is 3.97. The number of carbonyl (C=O) groups is 1. The van der Waals surface area contributed by atoms with Crippen LogP contribution < -0.4 is 5.32 Å². The monoisotopic (exact) mass is 339 g/mol. The highest BCUT2D eigenvalue weighted by atomic mass is 19.1. The van der Waals surface area contributed by atoms with E-state index in [0.29, 0.717) is 17.9 Å². The van der Waals surface area contributed by atoms with Gasteiger partial charge in [-0.3, -0.25) is 4.79 Å². The number of rotatable bonds is 6. The number of benzene rings is 2. The lowest BCUT2D eigenvalue weighted by molar-refractivity contribution is -0.117. The first-order valence-corrected chi connectivity index (χ1v) is 8.03. The second-order valence-corrected chi connectivity index (χ2v) is 5.69. The topological polar surface area (TPSA) is 83.6 Å². The van der Waals surface area contributed by atoms with Crippen LogP contribution in [0.1, 0.15) is 29.8 Å². The van der Waals surface area contributed by atoms with Crippen molar-refractivity contribution in [3.63, 3.8) is 0 Å². The quantitative estimate of drug-likeness (QED) is 0.723. The zero-order valence-corrected chi connectivity index (χ0v) is 13.7. The average Bonchev–Trinajstić information content (AvgIpc) is 3.16. The van der Waals surface area contributed by atoms with Crippen LogP contribution in [0.2, 0.25) is 0 Å². The molecule has 1 aromatic heterocycles. The maximum Gasteiger partial charge on any atom is 0.235 e. The van der Waals surface area contributed by atoms with Crippen LogP contribution >= 0.6 is 0 Å². The summed E-state index contributed by atoms with van der Waals surface area (Å²) in [6.07, 6.45) is 1.28. The third-order valence-corrected chi connectivity index (χ3v) is 3.97. The summed E-state index contributed by atoms with van der Waals surface area (Å²) in [5.74, 6) is -0.891. The number of halogens is 1. The highest BCUT2D eigenvalue weighted by Crippen LogP contribution is 2.20. The van der Waals surface area contributed by atoms with Crippen LogP contribution in [0.25, 0.3) is 0 Å². The Morgan fingerprint density at radius 3 is 2.40 bits per heavy atom. The van der Waals surface area contributed by atoms with Gasteiger partial charge in [-0.15, -0.1) is 10.2 Å². The SMILES string of the molecule is CCc1ccc(NC(=O)C(Cc2ccc(F)cc2)c2nn[nH]n2)cc1.